The SMILES string of the molecule is Cc1oc([C@@H]2OC[C@@H](O)[C@H]2O)cc1C1=NC(=S)NC(c2ccc(Br)cc2Br)C1. The number of hydrogen-bond acceptors (Lipinski definition) is 5. The number of hydrogen-bond donors (Lipinski definition) is 3. The lowest BCUT2D eigenvalue weighted by Crippen LogP contribution is -2.33. The normalized spacial score (nSPS) is 27.6. The zero-order valence-electron chi connectivity index (χ0n) is 14.9. The average molecular weight is 530 g/mol. The summed E-state index contributed by atoms with van der Waals surface area (Å²) in [5, 5.41) is 23.5. The Hall–Kier alpha value is -1.10. The molecule has 0 amide bonds. The van der Waals surface area contributed by atoms with Gasteiger partial charge >= 0.3 is 0 Å². The van der Waals surface area contributed by atoms with E-state index in [-0.39, 0.29) is 12.6 Å². The van der Waals surface area contributed by atoms with Gasteiger partial charge in [-0.1, -0.05) is 37.9 Å². The molecule has 0 bridgehead atoms. The summed E-state index contributed by atoms with van der Waals surface area (Å²) in [6, 6.07) is 7.81. The number of nitrogens with one attached hydrogen (secondary N) is 1. The van der Waals surface area contributed by atoms with Crippen molar-refractivity contribution >= 4 is 54.9 Å². The van der Waals surface area contributed by atoms with Crippen molar-refractivity contribution in [1.29, 1.82) is 0 Å². The maximum absolute atomic E-state index is 10.1. The van der Waals surface area contributed by atoms with Gasteiger partial charge in [-0.15, -0.1) is 0 Å². The standard InChI is InChI=1S/C19H18Br2N2O4S/c1-8-11(5-16(27-8)18-17(25)15(24)7-26-18)14-6-13(22-19(28)23-14)10-3-2-9(20)4-12(10)21/h2-5,13,15,17-18,24-25H,6-7H2,1H3,(H,22,28)/t13?,15-,17-,18+/m1/s1. The molecule has 1 fully saturated rings. The third-order valence-corrected chi connectivity index (χ3v) is 6.34. The van der Waals surface area contributed by atoms with Crippen molar-refractivity contribution in [2.24, 2.45) is 4.99 Å². The lowest BCUT2D eigenvalue weighted by Gasteiger charge is -2.25. The first-order chi connectivity index (χ1) is 13.3. The van der Waals surface area contributed by atoms with Crippen LogP contribution in [0.4, 0.5) is 0 Å². The molecule has 148 valence electrons. The van der Waals surface area contributed by atoms with E-state index in [0.29, 0.717) is 23.1 Å². The van der Waals surface area contributed by atoms with E-state index in [9.17, 15) is 10.2 Å². The van der Waals surface area contributed by atoms with Gasteiger partial charge in [0.15, 0.2) is 5.11 Å². The molecule has 28 heavy (non-hydrogen) atoms. The fourth-order valence-electron chi connectivity index (χ4n) is 3.52. The second-order valence-electron chi connectivity index (χ2n) is 6.86. The summed E-state index contributed by atoms with van der Waals surface area (Å²) in [5.41, 5.74) is 2.72. The molecular formula is C19H18Br2N2O4S. The van der Waals surface area contributed by atoms with Crippen LogP contribution in [0, 0.1) is 6.92 Å². The number of ether oxygens (including phenoxy) is 1. The molecule has 2 aliphatic heterocycles. The third kappa shape index (κ3) is 3.83. The van der Waals surface area contributed by atoms with Gasteiger partial charge in [0.25, 0.3) is 0 Å². The van der Waals surface area contributed by atoms with E-state index >= 15 is 0 Å². The van der Waals surface area contributed by atoms with E-state index in [0.717, 1.165) is 25.8 Å². The lowest BCUT2D eigenvalue weighted by atomic mass is 9.96. The van der Waals surface area contributed by atoms with Crippen molar-refractivity contribution in [1.82, 2.24) is 5.32 Å². The smallest absolute Gasteiger partial charge is 0.193 e. The molecule has 1 saturated heterocycles. The number of aliphatic imine (C=N–C) groups is 1. The summed E-state index contributed by atoms with van der Waals surface area (Å²) in [7, 11) is 0. The number of aryl methyl sites for hydroxylation is 1. The highest BCUT2D eigenvalue weighted by Gasteiger charge is 2.38. The quantitative estimate of drug-likeness (QED) is 0.525. The number of nitrogens with zero attached hydrogens (tertiary/aromatic N) is 1. The number of benzene rings is 1. The van der Waals surface area contributed by atoms with Crippen LogP contribution in [0.25, 0.3) is 0 Å². The fourth-order valence-corrected chi connectivity index (χ4v) is 5.10. The molecule has 0 radical (unpaired) electrons. The second kappa shape index (κ2) is 7.97. The van der Waals surface area contributed by atoms with E-state index in [4.69, 9.17) is 21.4 Å². The molecule has 2 aromatic rings. The van der Waals surface area contributed by atoms with Gasteiger partial charge in [0.1, 0.15) is 29.8 Å². The zero-order valence-corrected chi connectivity index (χ0v) is 18.8. The van der Waals surface area contributed by atoms with Crippen LogP contribution in [0.1, 0.15) is 41.2 Å². The number of aliphatic hydroxyl groups excluding tert-OH is 2. The van der Waals surface area contributed by atoms with Crippen LogP contribution in [0.15, 0.2) is 42.6 Å². The number of furan rings is 1. The van der Waals surface area contributed by atoms with Gasteiger partial charge in [-0.05, 0) is 42.9 Å². The minimum atomic E-state index is -1.01. The number of halogens is 2. The van der Waals surface area contributed by atoms with Crippen LogP contribution in [0.2, 0.25) is 0 Å². The van der Waals surface area contributed by atoms with Crippen LogP contribution in [0.5, 0.6) is 0 Å². The number of rotatable bonds is 3. The molecule has 0 spiro atoms. The van der Waals surface area contributed by atoms with Crippen molar-refractivity contribution in [2.75, 3.05) is 6.61 Å². The third-order valence-electron chi connectivity index (χ3n) is 4.95. The van der Waals surface area contributed by atoms with Crippen molar-refractivity contribution in [3.8, 4) is 0 Å². The highest BCUT2D eigenvalue weighted by Crippen LogP contribution is 2.35. The first kappa shape index (κ1) is 20.2. The van der Waals surface area contributed by atoms with Gasteiger partial charge in [0, 0.05) is 20.9 Å². The molecule has 0 aliphatic carbocycles. The highest BCUT2D eigenvalue weighted by atomic mass is 79.9. The molecule has 4 rings (SSSR count). The van der Waals surface area contributed by atoms with Gasteiger partial charge < -0.3 is 24.7 Å². The van der Waals surface area contributed by atoms with Gasteiger partial charge in [-0.3, -0.25) is 0 Å². The van der Waals surface area contributed by atoms with Crippen molar-refractivity contribution < 1.29 is 19.4 Å². The van der Waals surface area contributed by atoms with Crippen LogP contribution < -0.4 is 5.32 Å². The van der Waals surface area contributed by atoms with Crippen LogP contribution in [-0.2, 0) is 4.74 Å². The predicted octanol–water partition coefficient (Wildman–Crippen LogP) is 3.71. The first-order valence-electron chi connectivity index (χ1n) is 8.75. The molecule has 6 nitrogen and oxygen atoms in total. The Labute approximate surface area is 184 Å². The first-order valence-corrected chi connectivity index (χ1v) is 10.7. The molecule has 1 unspecified atom stereocenters. The zero-order chi connectivity index (χ0) is 20.0. The van der Waals surface area contributed by atoms with Crippen molar-refractivity contribution in [3.63, 3.8) is 0 Å². The lowest BCUT2D eigenvalue weighted by molar-refractivity contribution is 0.0117. The maximum Gasteiger partial charge on any atom is 0.193 e. The molecule has 4 atom stereocenters. The molecule has 3 N–H and O–H groups in total. The molecular weight excluding hydrogens is 512 g/mol. The van der Waals surface area contributed by atoms with E-state index < -0.39 is 18.3 Å². The summed E-state index contributed by atoms with van der Waals surface area (Å²) < 4.78 is 13.3. The topological polar surface area (TPSA) is 87.2 Å². The number of aliphatic hydroxyl groups is 2. The van der Waals surface area contributed by atoms with Gasteiger partial charge in [-0.2, -0.15) is 0 Å². The fraction of sp³-hybridized carbons (Fsp3) is 0.368. The van der Waals surface area contributed by atoms with E-state index in [2.05, 4.69) is 42.2 Å². The molecule has 1 aromatic heterocycles. The van der Waals surface area contributed by atoms with Crippen molar-refractivity contribution in [2.45, 2.75) is 37.7 Å². The molecule has 9 heteroatoms. The minimum absolute atomic E-state index is 0.0321. The minimum Gasteiger partial charge on any atom is -0.463 e. The molecule has 3 heterocycles. The maximum atomic E-state index is 10.1. The molecule has 0 saturated carbocycles. The van der Waals surface area contributed by atoms with Crippen LogP contribution in [-0.4, -0.2) is 39.9 Å². The summed E-state index contributed by atoms with van der Waals surface area (Å²) in [6.07, 6.45) is -1.99. The summed E-state index contributed by atoms with van der Waals surface area (Å²) >= 11 is 12.5. The largest absolute Gasteiger partial charge is 0.463 e. The van der Waals surface area contributed by atoms with Gasteiger partial charge in [-0.25, -0.2) is 4.99 Å². The Balaban J connectivity index is 1.63. The summed E-state index contributed by atoms with van der Waals surface area (Å²) in [6.45, 7) is 1.92. The summed E-state index contributed by atoms with van der Waals surface area (Å²) in [4.78, 5) is 4.51. The monoisotopic (exact) mass is 528 g/mol. The average Bonchev–Trinajstić information content (AvgIpc) is 3.17. The van der Waals surface area contributed by atoms with Gasteiger partial charge in [0.05, 0.1) is 18.4 Å². The summed E-state index contributed by atoms with van der Waals surface area (Å²) in [5.74, 6) is 1.15. The molecule has 1 aromatic carbocycles. The Morgan fingerprint density at radius 2 is 2.04 bits per heavy atom. The van der Waals surface area contributed by atoms with Crippen LogP contribution >= 0.6 is 44.1 Å². The van der Waals surface area contributed by atoms with Crippen molar-refractivity contribution in [3.05, 3.63) is 55.9 Å². The highest BCUT2D eigenvalue weighted by molar-refractivity contribution is 9.11. The Bertz CT molecular complexity index is 961. The van der Waals surface area contributed by atoms with E-state index in [1.54, 1.807) is 0 Å². The Morgan fingerprint density at radius 3 is 2.71 bits per heavy atom. The second-order valence-corrected chi connectivity index (χ2v) is 9.02. The van der Waals surface area contributed by atoms with Crippen LogP contribution in [0.3, 0.4) is 0 Å². The van der Waals surface area contributed by atoms with Gasteiger partial charge in [0.2, 0.25) is 0 Å². The molecule has 2 aliphatic rings. The Kier molecular flexibility index (Phi) is 5.74. The predicted molar refractivity (Wildman–Crippen MR) is 116 cm³/mol. The number of thiocarbonyl (C=S) groups is 1. The van der Waals surface area contributed by atoms with E-state index in [1.807, 2.05) is 31.2 Å². The Morgan fingerprint density at radius 1 is 1.25 bits per heavy atom. The van der Waals surface area contributed by atoms with E-state index in [1.165, 1.54) is 0 Å².